The second-order valence-corrected chi connectivity index (χ2v) is 9.16. The number of nitrogens with one attached hydrogen (secondary N) is 1. The van der Waals surface area contributed by atoms with Crippen LogP contribution in [0.1, 0.15) is 31.4 Å². The van der Waals surface area contributed by atoms with E-state index in [1.165, 1.54) is 9.80 Å². The first-order valence-corrected chi connectivity index (χ1v) is 12.1. The Labute approximate surface area is 209 Å². The van der Waals surface area contributed by atoms with Crippen LogP contribution in [0, 0.1) is 5.92 Å². The summed E-state index contributed by atoms with van der Waals surface area (Å²) in [6.07, 6.45) is 2.95. The molecule has 3 aliphatic rings. The van der Waals surface area contributed by atoms with E-state index < -0.39 is 6.04 Å². The van der Waals surface area contributed by atoms with Crippen LogP contribution in [0.4, 0.5) is 4.79 Å². The zero-order chi connectivity index (χ0) is 25.1. The lowest BCUT2D eigenvalue weighted by atomic mass is 9.95. The SMILES string of the molecule is C=CCN1C(=O)N[C@H](c2ccccc2Cl)C2=C1CN(CC(=O)N1CCC[C@@H](C(=O)OCC)C1)C2=O. The average Bonchev–Trinajstić information content (AvgIpc) is 3.17. The van der Waals surface area contributed by atoms with E-state index in [-0.39, 0.29) is 55.9 Å². The molecule has 4 amide bonds. The third kappa shape index (κ3) is 4.91. The zero-order valence-corrected chi connectivity index (χ0v) is 20.4. The first kappa shape index (κ1) is 24.8. The standard InChI is InChI=1S/C25H29ClN4O5/c1-3-11-30-19-14-29(15-20(31)28-12-7-8-16(13-28)24(33)35-4-2)23(32)21(19)22(27-25(30)34)17-9-5-6-10-18(17)26/h3,5-6,9-10,16,22H,1,4,7-8,11-15H2,2H3,(H,27,34)/t16-,22-/m1/s1. The topological polar surface area (TPSA) is 99.3 Å². The van der Waals surface area contributed by atoms with Crippen LogP contribution in [-0.2, 0) is 19.1 Å². The van der Waals surface area contributed by atoms with Gasteiger partial charge in [-0.1, -0.05) is 35.9 Å². The molecule has 4 rings (SSSR count). The first-order valence-electron chi connectivity index (χ1n) is 11.8. The number of likely N-dealkylation sites (tertiary alicyclic amines) is 1. The van der Waals surface area contributed by atoms with Gasteiger partial charge in [-0.2, -0.15) is 0 Å². The van der Waals surface area contributed by atoms with E-state index in [9.17, 15) is 19.2 Å². The molecule has 0 unspecified atom stereocenters. The Hall–Kier alpha value is -3.33. The fourth-order valence-corrected chi connectivity index (χ4v) is 5.11. The second-order valence-electron chi connectivity index (χ2n) is 8.76. The van der Waals surface area contributed by atoms with Gasteiger partial charge in [-0.3, -0.25) is 19.3 Å². The summed E-state index contributed by atoms with van der Waals surface area (Å²) in [6, 6.07) is 5.97. The van der Waals surface area contributed by atoms with Crippen LogP contribution in [0.25, 0.3) is 0 Å². The molecule has 0 bridgehead atoms. The van der Waals surface area contributed by atoms with Crippen molar-refractivity contribution in [2.75, 3.05) is 39.3 Å². The molecule has 0 aliphatic carbocycles. The summed E-state index contributed by atoms with van der Waals surface area (Å²) in [5.41, 5.74) is 1.55. The number of nitrogens with zero attached hydrogens (tertiary/aromatic N) is 3. The molecule has 1 aromatic rings. The van der Waals surface area contributed by atoms with Crippen molar-refractivity contribution in [1.82, 2.24) is 20.0 Å². The number of hydrogen-bond donors (Lipinski definition) is 1. The summed E-state index contributed by atoms with van der Waals surface area (Å²) in [6.45, 7) is 6.76. The van der Waals surface area contributed by atoms with Crippen molar-refractivity contribution in [3.8, 4) is 0 Å². The normalized spacial score (nSPS) is 22.2. The average molecular weight is 501 g/mol. The molecule has 1 saturated heterocycles. The van der Waals surface area contributed by atoms with Crippen LogP contribution >= 0.6 is 11.6 Å². The number of benzene rings is 1. The van der Waals surface area contributed by atoms with E-state index in [0.29, 0.717) is 47.8 Å². The number of amides is 4. The number of ether oxygens (including phenoxy) is 1. The van der Waals surface area contributed by atoms with Gasteiger partial charge in [0, 0.05) is 24.7 Å². The third-order valence-corrected chi connectivity index (χ3v) is 6.89. The summed E-state index contributed by atoms with van der Waals surface area (Å²) >= 11 is 6.40. The number of carbonyl (C=O) groups is 4. The smallest absolute Gasteiger partial charge is 0.322 e. The van der Waals surface area contributed by atoms with Crippen LogP contribution < -0.4 is 5.32 Å². The Bertz CT molecular complexity index is 1090. The predicted octanol–water partition coefficient (Wildman–Crippen LogP) is 2.49. The van der Waals surface area contributed by atoms with Crippen LogP contribution in [0.15, 0.2) is 48.2 Å². The van der Waals surface area contributed by atoms with E-state index in [1.54, 1.807) is 42.2 Å². The summed E-state index contributed by atoms with van der Waals surface area (Å²) in [4.78, 5) is 56.3. The molecule has 3 heterocycles. The molecule has 0 aromatic heterocycles. The maximum absolute atomic E-state index is 13.5. The number of urea groups is 1. The number of esters is 1. The van der Waals surface area contributed by atoms with Gasteiger partial charge in [0.2, 0.25) is 5.91 Å². The molecular formula is C25H29ClN4O5. The van der Waals surface area contributed by atoms with Crippen molar-refractivity contribution in [3.05, 3.63) is 58.8 Å². The molecule has 0 radical (unpaired) electrons. The number of hydrogen-bond acceptors (Lipinski definition) is 5. The number of rotatable bonds is 7. The fourth-order valence-electron chi connectivity index (χ4n) is 4.86. The van der Waals surface area contributed by atoms with Gasteiger partial charge in [0.05, 0.1) is 36.4 Å². The number of halogens is 1. The van der Waals surface area contributed by atoms with Gasteiger partial charge in [0.15, 0.2) is 0 Å². The van der Waals surface area contributed by atoms with Crippen LogP contribution in [0.3, 0.4) is 0 Å². The van der Waals surface area contributed by atoms with Gasteiger partial charge in [0.1, 0.15) is 6.54 Å². The maximum atomic E-state index is 13.5. The van der Waals surface area contributed by atoms with Gasteiger partial charge in [-0.15, -0.1) is 6.58 Å². The highest BCUT2D eigenvalue weighted by molar-refractivity contribution is 6.31. The van der Waals surface area contributed by atoms with E-state index in [4.69, 9.17) is 16.3 Å². The highest BCUT2D eigenvalue weighted by Crippen LogP contribution is 2.38. The highest BCUT2D eigenvalue weighted by Gasteiger charge is 2.45. The lowest BCUT2D eigenvalue weighted by molar-refractivity contribution is -0.152. The highest BCUT2D eigenvalue weighted by atomic mass is 35.5. The molecule has 0 saturated carbocycles. The van der Waals surface area contributed by atoms with E-state index >= 15 is 0 Å². The van der Waals surface area contributed by atoms with Gasteiger partial charge in [0.25, 0.3) is 5.91 Å². The van der Waals surface area contributed by atoms with Gasteiger partial charge < -0.3 is 19.9 Å². The Balaban J connectivity index is 1.54. The van der Waals surface area contributed by atoms with E-state index in [1.807, 2.05) is 0 Å². The maximum Gasteiger partial charge on any atom is 0.322 e. The first-order chi connectivity index (χ1) is 16.8. The number of piperidine rings is 1. The molecule has 35 heavy (non-hydrogen) atoms. The minimum atomic E-state index is -0.719. The minimum absolute atomic E-state index is 0.122. The van der Waals surface area contributed by atoms with Gasteiger partial charge in [-0.05, 0) is 31.4 Å². The molecule has 9 nitrogen and oxygen atoms in total. The van der Waals surface area contributed by atoms with Crippen LogP contribution in [0.2, 0.25) is 5.02 Å². The van der Waals surface area contributed by atoms with Crippen LogP contribution in [0.5, 0.6) is 0 Å². The molecule has 3 aliphatic heterocycles. The molecule has 1 N–H and O–H groups in total. The van der Waals surface area contributed by atoms with Crippen molar-refractivity contribution >= 4 is 35.4 Å². The minimum Gasteiger partial charge on any atom is -0.466 e. The molecular weight excluding hydrogens is 472 g/mol. The largest absolute Gasteiger partial charge is 0.466 e. The number of carbonyl (C=O) groups excluding carboxylic acids is 4. The molecule has 186 valence electrons. The Morgan fingerprint density at radius 3 is 2.77 bits per heavy atom. The van der Waals surface area contributed by atoms with Crippen LogP contribution in [-0.4, -0.2) is 77.8 Å². The van der Waals surface area contributed by atoms with E-state index in [2.05, 4.69) is 11.9 Å². The third-order valence-electron chi connectivity index (χ3n) is 6.54. The summed E-state index contributed by atoms with van der Waals surface area (Å²) in [5.74, 6) is -1.23. The zero-order valence-electron chi connectivity index (χ0n) is 19.7. The summed E-state index contributed by atoms with van der Waals surface area (Å²) in [5, 5.41) is 3.31. The Morgan fingerprint density at radius 2 is 2.06 bits per heavy atom. The van der Waals surface area contributed by atoms with Crippen molar-refractivity contribution in [3.63, 3.8) is 0 Å². The summed E-state index contributed by atoms with van der Waals surface area (Å²) in [7, 11) is 0. The molecule has 1 fully saturated rings. The van der Waals surface area contributed by atoms with Crippen molar-refractivity contribution in [2.45, 2.75) is 25.8 Å². The quantitative estimate of drug-likeness (QED) is 0.458. The molecule has 2 atom stereocenters. The lowest BCUT2D eigenvalue weighted by Crippen LogP contribution is -2.47. The Morgan fingerprint density at radius 1 is 1.29 bits per heavy atom. The molecule has 0 spiro atoms. The van der Waals surface area contributed by atoms with Crippen molar-refractivity contribution in [2.24, 2.45) is 5.92 Å². The molecule has 10 heteroatoms. The van der Waals surface area contributed by atoms with E-state index in [0.717, 1.165) is 0 Å². The fraction of sp³-hybridized carbons (Fsp3) is 0.440. The monoisotopic (exact) mass is 500 g/mol. The summed E-state index contributed by atoms with van der Waals surface area (Å²) < 4.78 is 5.12. The second kappa shape index (κ2) is 10.5. The lowest BCUT2D eigenvalue weighted by Gasteiger charge is -2.33. The van der Waals surface area contributed by atoms with Crippen molar-refractivity contribution < 1.29 is 23.9 Å². The van der Waals surface area contributed by atoms with Crippen molar-refractivity contribution in [1.29, 1.82) is 0 Å². The Kier molecular flexibility index (Phi) is 7.45. The van der Waals surface area contributed by atoms with Gasteiger partial charge in [-0.25, -0.2) is 4.79 Å². The molecule has 1 aromatic carbocycles. The van der Waals surface area contributed by atoms with Gasteiger partial charge >= 0.3 is 12.0 Å². The predicted molar refractivity (Wildman–Crippen MR) is 129 cm³/mol.